The second kappa shape index (κ2) is 5.49. The third kappa shape index (κ3) is 2.30. The summed E-state index contributed by atoms with van der Waals surface area (Å²) in [7, 11) is 0. The molecule has 1 saturated carbocycles. The molecule has 1 aromatic carbocycles. The molecule has 2 heteroatoms. The molecule has 0 bridgehead atoms. The zero-order chi connectivity index (χ0) is 14.2. The van der Waals surface area contributed by atoms with E-state index in [0.29, 0.717) is 23.7 Å². The molecule has 2 nitrogen and oxygen atoms in total. The van der Waals surface area contributed by atoms with Crippen LogP contribution in [0.3, 0.4) is 0 Å². The van der Waals surface area contributed by atoms with Gasteiger partial charge in [0.15, 0.2) is 0 Å². The summed E-state index contributed by atoms with van der Waals surface area (Å²) in [6.07, 6.45) is 11.7. The van der Waals surface area contributed by atoms with Crippen molar-refractivity contribution in [2.45, 2.75) is 57.2 Å². The van der Waals surface area contributed by atoms with Crippen LogP contribution in [0.2, 0.25) is 0 Å². The number of rotatable bonds is 1. The number of ether oxygens (including phenoxy) is 1. The summed E-state index contributed by atoms with van der Waals surface area (Å²) in [5.41, 5.74) is 2.63. The molecular weight excluding hydrogens is 260 g/mol. The van der Waals surface area contributed by atoms with E-state index in [9.17, 15) is 5.11 Å². The first-order valence-corrected chi connectivity index (χ1v) is 8.48. The molecule has 4 rings (SSSR count). The van der Waals surface area contributed by atoms with Crippen LogP contribution in [0.5, 0.6) is 5.75 Å². The second-order valence-corrected chi connectivity index (χ2v) is 6.79. The molecule has 0 aromatic heterocycles. The van der Waals surface area contributed by atoms with Gasteiger partial charge in [0, 0.05) is 17.4 Å². The van der Waals surface area contributed by atoms with Crippen molar-refractivity contribution in [3.8, 4) is 5.75 Å². The van der Waals surface area contributed by atoms with E-state index in [4.69, 9.17) is 4.74 Å². The summed E-state index contributed by atoms with van der Waals surface area (Å²) in [6.45, 7) is 0. The largest absolute Gasteiger partial charge is 0.508 e. The predicted octanol–water partition coefficient (Wildman–Crippen LogP) is 4.75. The van der Waals surface area contributed by atoms with Crippen molar-refractivity contribution in [3.05, 3.63) is 41.5 Å². The number of benzene rings is 1. The SMILES string of the molecule is Oc1ccccc1[C@@H]1O[C@@H]2CCCC[C@@H]2C2=CCCC[C@@H]21. The molecule has 0 amide bonds. The summed E-state index contributed by atoms with van der Waals surface area (Å²) < 4.78 is 6.53. The summed E-state index contributed by atoms with van der Waals surface area (Å²) in [5.74, 6) is 1.51. The van der Waals surface area contributed by atoms with Crippen LogP contribution in [-0.4, -0.2) is 11.2 Å². The Hall–Kier alpha value is -1.28. The van der Waals surface area contributed by atoms with Crippen LogP contribution in [-0.2, 0) is 4.74 Å². The number of aromatic hydroxyl groups is 1. The molecule has 0 spiro atoms. The van der Waals surface area contributed by atoms with Gasteiger partial charge in [-0.1, -0.05) is 42.7 Å². The fourth-order valence-corrected chi connectivity index (χ4v) is 4.62. The van der Waals surface area contributed by atoms with Gasteiger partial charge in [-0.3, -0.25) is 0 Å². The van der Waals surface area contributed by atoms with E-state index in [1.165, 1.54) is 44.9 Å². The van der Waals surface area contributed by atoms with Crippen molar-refractivity contribution in [3.63, 3.8) is 0 Å². The highest BCUT2D eigenvalue weighted by atomic mass is 16.5. The van der Waals surface area contributed by atoms with Crippen LogP contribution in [0.1, 0.15) is 56.6 Å². The lowest BCUT2D eigenvalue weighted by atomic mass is 9.68. The minimum atomic E-state index is 0.0529. The zero-order valence-electron chi connectivity index (χ0n) is 12.5. The standard InChI is InChI=1S/C19H24O2/c20-17-11-5-3-10-16(17)19-15-9-2-1-7-13(15)14-8-4-6-12-18(14)21-19/h3,5,7,10-11,14-15,18-20H,1-2,4,6,8-9,12H2/t14-,15+,18-,19-/m1/s1. The van der Waals surface area contributed by atoms with E-state index in [1.54, 1.807) is 11.6 Å². The molecule has 0 unspecified atom stereocenters. The second-order valence-electron chi connectivity index (χ2n) is 6.79. The zero-order valence-corrected chi connectivity index (χ0v) is 12.5. The monoisotopic (exact) mass is 284 g/mol. The molecule has 2 aliphatic carbocycles. The van der Waals surface area contributed by atoms with Crippen LogP contribution in [0.15, 0.2) is 35.9 Å². The highest BCUT2D eigenvalue weighted by molar-refractivity contribution is 5.37. The Labute approximate surface area is 126 Å². The van der Waals surface area contributed by atoms with Crippen molar-refractivity contribution in [1.29, 1.82) is 0 Å². The Morgan fingerprint density at radius 3 is 2.67 bits per heavy atom. The summed E-state index contributed by atoms with van der Waals surface area (Å²) >= 11 is 0. The third-order valence-electron chi connectivity index (χ3n) is 5.59. The first-order valence-electron chi connectivity index (χ1n) is 8.48. The average Bonchev–Trinajstić information content (AvgIpc) is 2.55. The fraction of sp³-hybridized carbons (Fsp3) is 0.579. The summed E-state index contributed by atoms with van der Waals surface area (Å²) in [5, 5.41) is 10.2. The highest BCUT2D eigenvalue weighted by Crippen LogP contribution is 2.52. The molecular formula is C19H24O2. The number of phenolic OH excluding ortho intramolecular Hbond substituents is 1. The maximum atomic E-state index is 10.2. The van der Waals surface area contributed by atoms with Gasteiger partial charge in [0.2, 0.25) is 0 Å². The first kappa shape index (κ1) is 13.4. The smallest absolute Gasteiger partial charge is 0.121 e. The van der Waals surface area contributed by atoms with Gasteiger partial charge in [-0.05, 0) is 38.2 Å². The lowest BCUT2D eigenvalue weighted by molar-refractivity contribution is -0.107. The van der Waals surface area contributed by atoms with E-state index < -0.39 is 0 Å². The highest BCUT2D eigenvalue weighted by Gasteiger charge is 2.44. The Bertz CT molecular complexity index is 548. The minimum absolute atomic E-state index is 0.0529. The van der Waals surface area contributed by atoms with E-state index in [1.807, 2.05) is 18.2 Å². The molecule has 21 heavy (non-hydrogen) atoms. The Balaban J connectivity index is 1.72. The van der Waals surface area contributed by atoms with Gasteiger partial charge >= 0.3 is 0 Å². The molecule has 3 aliphatic rings. The Morgan fingerprint density at radius 1 is 0.952 bits per heavy atom. The van der Waals surface area contributed by atoms with Crippen molar-refractivity contribution >= 4 is 0 Å². The molecule has 1 N–H and O–H groups in total. The van der Waals surface area contributed by atoms with E-state index in [-0.39, 0.29) is 6.10 Å². The lowest BCUT2D eigenvalue weighted by Gasteiger charge is -2.47. The van der Waals surface area contributed by atoms with Crippen LogP contribution in [0, 0.1) is 11.8 Å². The van der Waals surface area contributed by atoms with Gasteiger partial charge in [-0.15, -0.1) is 0 Å². The van der Waals surface area contributed by atoms with Crippen molar-refractivity contribution < 1.29 is 9.84 Å². The molecule has 1 aliphatic heterocycles. The van der Waals surface area contributed by atoms with E-state index >= 15 is 0 Å². The first-order chi connectivity index (χ1) is 10.3. The van der Waals surface area contributed by atoms with Gasteiger partial charge in [0.05, 0.1) is 12.2 Å². The molecule has 0 radical (unpaired) electrons. The minimum Gasteiger partial charge on any atom is -0.508 e. The number of hydrogen-bond acceptors (Lipinski definition) is 2. The van der Waals surface area contributed by atoms with Crippen molar-refractivity contribution in [1.82, 2.24) is 0 Å². The molecule has 112 valence electrons. The third-order valence-corrected chi connectivity index (χ3v) is 5.59. The summed E-state index contributed by atoms with van der Waals surface area (Å²) in [4.78, 5) is 0. The van der Waals surface area contributed by atoms with Crippen LogP contribution in [0.4, 0.5) is 0 Å². The van der Waals surface area contributed by atoms with Gasteiger partial charge in [0.1, 0.15) is 5.75 Å². The number of para-hydroxylation sites is 1. The number of fused-ring (bicyclic) bond motifs is 3. The van der Waals surface area contributed by atoms with E-state index in [2.05, 4.69) is 6.08 Å². The van der Waals surface area contributed by atoms with Gasteiger partial charge in [0.25, 0.3) is 0 Å². The van der Waals surface area contributed by atoms with Gasteiger partial charge in [-0.2, -0.15) is 0 Å². The van der Waals surface area contributed by atoms with Crippen molar-refractivity contribution in [2.75, 3.05) is 0 Å². The van der Waals surface area contributed by atoms with Crippen LogP contribution >= 0.6 is 0 Å². The maximum Gasteiger partial charge on any atom is 0.121 e. The maximum absolute atomic E-state index is 10.2. The van der Waals surface area contributed by atoms with Crippen molar-refractivity contribution in [2.24, 2.45) is 11.8 Å². The van der Waals surface area contributed by atoms with E-state index in [0.717, 1.165) is 5.56 Å². The predicted molar refractivity (Wildman–Crippen MR) is 83.1 cm³/mol. The number of hydrogen-bond donors (Lipinski definition) is 1. The fourth-order valence-electron chi connectivity index (χ4n) is 4.62. The van der Waals surface area contributed by atoms with Gasteiger partial charge < -0.3 is 9.84 Å². The summed E-state index contributed by atoms with van der Waals surface area (Å²) in [6, 6.07) is 7.73. The normalized spacial score (nSPS) is 35.5. The Kier molecular flexibility index (Phi) is 3.50. The topological polar surface area (TPSA) is 29.5 Å². The quantitative estimate of drug-likeness (QED) is 0.754. The Morgan fingerprint density at radius 2 is 1.76 bits per heavy atom. The van der Waals surface area contributed by atoms with Gasteiger partial charge in [-0.25, -0.2) is 0 Å². The molecule has 2 fully saturated rings. The van der Waals surface area contributed by atoms with Crippen LogP contribution in [0.25, 0.3) is 0 Å². The molecule has 1 saturated heterocycles. The van der Waals surface area contributed by atoms with Crippen LogP contribution < -0.4 is 0 Å². The molecule has 1 heterocycles. The number of phenols is 1. The lowest BCUT2D eigenvalue weighted by Crippen LogP contribution is -2.41. The average molecular weight is 284 g/mol. The molecule has 1 aromatic rings. The molecule has 4 atom stereocenters. The number of allylic oxidation sites excluding steroid dienone is 1.